The van der Waals surface area contributed by atoms with Crippen molar-refractivity contribution in [2.24, 2.45) is 0 Å². The number of nitriles is 1. The van der Waals surface area contributed by atoms with E-state index in [1.807, 2.05) is 12.1 Å². The molecular weight excluding hydrogens is 278 g/mol. The standard InChI is InChI=1S/C17H23N3S/c18-13-15-1-3-16(4-2-15)14-19-7-5-17(6-8-19)20-9-11-21-12-10-20/h1-4,17H,5-12,14H2. The van der Waals surface area contributed by atoms with E-state index in [4.69, 9.17) is 5.26 Å². The first-order valence-corrected chi connectivity index (χ1v) is 9.04. The van der Waals surface area contributed by atoms with Gasteiger partial charge in [-0.2, -0.15) is 17.0 Å². The van der Waals surface area contributed by atoms with Crippen LogP contribution in [0, 0.1) is 11.3 Å². The number of likely N-dealkylation sites (tertiary alicyclic amines) is 1. The Hall–Kier alpha value is -1.02. The van der Waals surface area contributed by atoms with Gasteiger partial charge in [0.2, 0.25) is 0 Å². The van der Waals surface area contributed by atoms with Gasteiger partial charge >= 0.3 is 0 Å². The summed E-state index contributed by atoms with van der Waals surface area (Å²) in [6.45, 7) is 5.99. The van der Waals surface area contributed by atoms with Gasteiger partial charge in [-0.3, -0.25) is 9.80 Å². The van der Waals surface area contributed by atoms with Crippen LogP contribution in [0.2, 0.25) is 0 Å². The van der Waals surface area contributed by atoms with E-state index in [1.54, 1.807) is 0 Å². The SMILES string of the molecule is N#Cc1ccc(CN2CCC(N3CCSCC3)CC2)cc1. The molecule has 4 heteroatoms. The summed E-state index contributed by atoms with van der Waals surface area (Å²) in [6.07, 6.45) is 2.61. The third-order valence-corrected chi connectivity index (χ3v) is 5.55. The number of thioether (sulfide) groups is 1. The van der Waals surface area contributed by atoms with Gasteiger partial charge in [0.25, 0.3) is 0 Å². The van der Waals surface area contributed by atoms with Crippen molar-refractivity contribution in [2.75, 3.05) is 37.7 Å². The highest BCUT2D eigenvalue weighted by Gasteiger charge is 2.25. The maximum Gasteiger partial charge on any atom is 0.0991 e. The first-order chi connectivity index (χ1) is 10.3. The normalized spacial score (nSPS) is 22.0. The van der Waals surface area contributed by atoms with Gasteiger partial charge in [-0.05, 0) is 43.6 Å². The highest BCUT2D eigenvalue weighted by atomic mass is 32.2. The number of rotatable bonds is 3. The van der Waals surface area contributed by atoms with Gasteiger partial charge in [-0.25, -0.2) is 0 Å². The van der Waals surface area contributed by atoms with Crippen LogP contribution in [0.1, 0.15) is 24.0 Å². The summed E-state index contributed by atoms with van der Waals surface area (Å²) in [5.41, 5.74) is 2.07. The lowest BCUT2D eigenvalue weighted by Crippen LogP contribution is -2.47. The van der Waals surface area contributed by atoms with E-state index in [2.05, 4.69) is 39.8 Å². The van der Waals surface area contributed by atoms with Crippen molar-refractivity contribution < 1.29 is 0 Å². The fourth-order valence-electron chi connectivity index (χ4n) is 3.33. The van der Waals surface area contributed by atoms with Gasteiger partial charge in [0.15, 0.2) is 0 Å². The van der Waals surface area contributed by atoms with Crippen molar-refractivity contribution in [3.05, 3.63) is 35.4 Å². The second kappa shape index (κ2) is 7.31. The Kier molecular flexibility index (Phi) is 5.18. The lowest BCUT2D eigenvalue weighted by molar-refractivity contribution is 0.112. The number of benzene rings is 1. The second-order valence-electron chi connectivity index (χ2n) is 5.96. The lowest BCUT2D eigenvalue weighted by Gasteiger charge is -2.40. The molecule has 3 rings (SSSR count). The van der Waals surface area contributed by atoms with Gasteiger partial charge < -0.3 is 0 Å². The molecule has 0 unspecified atom stereocenters. The topological polar surface area (TPSA) is 30.3 Å². The maximum atomic E-state index is 8.84. The van der Waals surface area contributed by atoms with Crippen molar-refractivity contribution in [3.8, 4) is 6.07 Å². The summed E-state index contributed by atoms with van der Waals surface area (Å²) in [7, 11) is 0. The average molecular weight is 301 g/mol. The highest BCUT2D eigenvalue weighted by Crippen LogP contribution is 2.21. The van der Waals surface area contributed by atoms with Crippen LogP contribution in [0.3, 0.4) is 0 Å². The molecule has 0 N–H and O–H groups in total. The molecule has 0 aliphatic carbocycles. The van der Waals surface area contributed by atoms with Gasteiger partial charge in [-0.15, -0.1) is 0 Å². The van der Waals surface area contributed by atoms with Crippen molar-refractivity contribution in [1.29, 1.82) is 5.26 Å². The molecule has 21 heavy (non-hydrogen) atoms. The molecular formula is C17H23N3S. The van der Waals surface area contributed by atoms with Crippen molar-refractivity contribution in [1.82, 2.24) is 9.80 Å². The Labute approximate surface area is 131 Å². The van der Waals surface area contributed by atoms with E-state index in [0.29, 0.717) is 0 Å². The molecule has 2 heterocycles. The molecule has 1 aromatic rings. The molecule has 2 fully saturated rings. The quantitative estimate of drug-likeness (QED) is 0.858. The predicted octanol–water partition coefficient (Wildman–Crippen LogP) is 2.57. The fourth-order valence-corrected chi connectivity index (χ4v) is 4.26. The maximum absolute atomic E-state index is 8.84. The molecule has 0 radical (unpaired) electrons. The Bertz CT molecular complexity index is 480. The van der Waals surface area contributed by atoms with E-state index in [9.17, 15) is 0 Å². The molecule has 0 amide bonds. The number of piperidine rings is 1. The van der Waals surface area contributed by atoms with Crippen LogP contribution >= 0.6 is 11.8 Å². The van der Waals surface area contributed by atoms with Crippen LogP contribution in [0.25, 0.3) is 0 Å². The van der Waals surface area contributed by atoms with Crippen molar-refractivity contribution in [3.63, 3.8) is 0 Å². The van der Waals surface area contributed by atoms with Gasteiger partial charge in [-0.1, -0.05) is 12.1 Å². The average Bonchev–Trinajstić information content (AvgIpc) is 2.57. The molecule has 1 aromatic carbocycles. The van der Waals surface area contributed by atoms with Gasteiger partial charge in [0, 0.05) is 37.2 Å². The molecule has 0 spiro atoms. The Balaban J connectivity index is 1.47. The minimum atomic E-state index is 0.750. The van der Waals surface area contributed by atoms with E-state index >= 15 is 0 Å². The summed E-state index contributed by atoms with van der Waals surface area (Å²) in [4.78, 5) is 5.26. The predicted molar refractivity (Wildman–Crippen MR) is 88.4 cm³/mol. The zero-order valence-electron chi connectivity index (χ0n) is 12.5. The van der Waals surface area contributed by atoms with Crippen LogP contribution in [0.5, 0.6) is 0 Å². The first-order valence-electron chi connectivity index (χ1n) is 7.88. The zero-order valence-corrected chi connectivity index (χ0v) is 13.3. The summed E-state index contributed by atoms with van der Waals surface area (Å²) >= 11 is 2.09. The van der Waals surface area contributed by atoms with E-state index in [-0.39, 0.29) is 0 Å². The monoisotopic (exact) mass is 301 g/mol. The van der Waals surface area contributed by atoms with E-state index in [0.717, 1.165) is 18.2 Å². The minimum absolute atomic E-state index is 0.750. The Morgan fingerprint density at radius 2 is 1.71 bits per heavy atom. The molecule has 0 saturated carbocycles. The third-order valence-electron chi connectivity index (χ3n) is 4.61. The Morgan fingerprint density at radius 3 is 2.33 bits per heavy atom. The van der Waals surface area contributed by atoms with Gasteiger partial charge in [0.1, 0.15) is 0 Å². The van der Waals surface area contributed by atoms with Crippen molar-refractivity contribution >= 4 is 11.8 Å². The largest absolute Gasteiger partial charge is 0.299 e. The Morgan fingerprint density at radius 1 is 1.05 bits per heavy atom. The first kappa shape index (κ1) is 14.9. The van der Waals surface area contributed by atoms with Crippen LogP contribution in [0.15, 0.2) is 24.3 Å². The minimum Gasteiger partial charge on any atom is -0.299 e. The molecule has 0 bridgehead atoms. The zero-order chi connectivity index (χ0) is 14.5. The molecule has 0 atom stereocenters. The van der Waals surface area contributed by atoms with Crippen LogP contribution in [-0.2, 0) is 6.54 Å². The van der Waals surface area contributed by atoms with Crippen LogP contribution < -0.4 is 0 Å². The summed E-state index contributed by atoms with van der Waals surface area (Å²) in [6, 6.07) is 11.0. The summed E-state index contributed by atoms with van der Waals surface area (Å²) in [5, 5.41) is 8.84. The fraction of sp³-hybridized carbons (Fsp3) is 0.588. The molecule has 2 aliphatic rings. The molecule has 0 aromatic heterocycles. The molecule has 2 saturated heterocycles. The smallest absolute Gasteiger partial charge is 0.0991 e. The number of nitrogens with zero attached hydrogens (tertiary/aromatic N) is 3. The van der Waals surface area contributed by atoms with Crippen LogP contribution in [0.4, 0.5) is 0 Å². The van der Waals surface area contributed by atoms with E-state index in [1.165, 1.54) is 56.1 Å². The summed E-state index contributed by atoms with van der Waals surface area (Å²) < 4.78 is 0. The lowest BCUT2D eigenvalue weighted by atomic mass is 10.0. The van der Waals surface area contributed by atoms with Crippen LogP contribution in [-0.4, -0.2) is 53.5 Å². The molecule has 3 nitrogen and oxygen atoms in total. The molecule has 2 aliphatic heterocycles. The third kappa shape index (κ3) is 4.00. The number of hydrogen-bond acceptors (Lipinski definition) is 4. The number of hydrogen-bond donors (Lipinski definition) is 0. The molecule has 112 valence electrons. The second-order valence-corrected chi connectivity index (χ2v) is 7.19. The summed E-state index contributed by atoms with van der Waals surface area (Å²) in [5.74, 6) is 2.62. The van der Waals surface area contributed by atoms with E-state index < -0.39 is 0 Å². The highest BCUT2D eigenvalue weighted by molar-refractivity contribution is 7.99. The van der Waals surface area contributed by atoms with Crippen molar-refractivity contribution in [2.45, 2.75) is 25.4 Å². The van der Waals surface area contributed by atoms with Gasteiger partial charge in [0.05, 0.1) is 11.6 Å².